The number of benzene rings is 1. The van der Waals surface area contributed by atoms with E-state index in [1.54, 1.807) is 18.4 Å². The fraction of sp³-hybridized carbons (Fsp3) is 0.267. The van der Waals surface area contributed by atoms with E-state index in [0.29, 0.717) is 5.71 Å². The van der Waals surface area contributed by atoms with E-state index in [9.17, 15) is 0 Å². The highest BCUT2D eigenvalue weighted by molar-refractivity contribution is 7.08. The van der Waals surface area contributed by atoms with Crippen LogP contribution < -0.4 is 15.8 Å². The minimum absolute atomic E-state index is 0.0921. The van der Waals surface area contributed by atoms with E-state index in [0.717, 1.165) is 16.9 Å². The highest BCUT2D eigenvalue weighted by Gasteiger charge is 2.16. The van der Waals surface area contributed by atoms with Crippen molar-refractivity contribution in [3.63, 3.8) is 0 Å². The van der Waals surface area contributed by atoms with Crippen molar-refractivity contribution < 1.29 is 4.74 Å². The maximum Gasteiger partial charge on any atom is 0.118 e. The summed E-state index contributed by atoms with van der Waals surface area (Å²) < 4.78 is 5.14. The van der Waals surface area contributed by atoms with Crippen LogP contribution in [0.3, 0.4) is 0 Å². The summed E-state index contributed by atoms with van der Waals surface area (Å²) in [5.41, 5.74) is 7.12. The Labute approximate surface area is 124 Å². The van der Waals surface area contributed by atoms with Crippen LogP contribution in [0.4, 0.5) is 0 Å². The third-order valence-electron chi connectivity index (χ3n) is 2.86. The molecule has 0 aliphatic heterocycles. The molecule has 2 aromatic rings. The quantitative estimate of drug-likeness (QED) is 0.742. The van der Waals surface area contributed by atoms with E-state index in [1.807, 2.05) is 48.1 Å². The largest absolute Gasteiger partial charge is 0.497 e. The van der Waals surface area contributed by atoms with Gasteiger partial charge in [0.15, 0.2) is 0 Å². The predicted octanol–water partition coefficient (Wildman–Crippen LogP) is 2.66. The zero-order valence-corrected chi connectivity index (χ0v) is 12.8. The maximum atomic E-state index is 8.25. The average Bonchev–Trinajstić information content (AvgIpc) is 3.05. The Balaban J connectivity index is 0.000000956. The van der Waals surface area contributed by atoms with Crippen molar-refractivity contribution in [3.8, 4) is 5.75 Å². The molecule has 0 saturated heterocycles. The molecule has 0 radical (unpaired) electrons. The molecule has 1 atom stereocenters. The SMILES string of the molecule is CN.CNC(C(=N)c1ccsc1)c1ccc(OC)cc1. The third-order valence-corrected chi connectivity index (χ3v) is 3.54. The van der Waals surface area contributed by atoms with Crippen molar-refractivity contribution >= 4 is 17.0 Å². The van der Waals surface area contributed by atoms with Gasteiger partial charge in [0.05, 0.1) is 18.9 Å². The average molecular weight is 291 g/mol. The standard InChI is InChI=1S/C14H16N2OS.CH5N/c1-16-14(13(15)11-7-8-18-9-11)10-3-5-12(17-2)6-4-10;1-2/h3-9,14-16H,1-2H3;2H2,1H3. The maximum absolute atomic E-state index is 8.25. The molecule has 4 N–H and O–H groups in total. The Hall–Kier alpha value is -1.69. The molecule has 0 saturated carbocycles. The smallest absolute Gasteiger partial charge is 0.118 e. The first kappa shape index (κ1) is 16.4. The van der Waals surface area contributed by atoms with Gasteiger partial charge in [-0.25, -0.2) is 0 Å². The summed E-state index contributed by atoms with van der Waals surface area (Å²) in [5.74, 6) is 0.829. The molecule has 20 heavy (non-hydrogen) atoms. The fourth-order valence-electron chi connectivity index (χ4n) is 1.86. The van der Waals surface area contributed by atoms with Crippen LogP contribution in [0.2, 0.25) is 0 Å². The van der Waals surface area contributed by atoms with Crippen LogP contribution in [0, 0.1) is 5.41 Å². The first-order chi connectivity index (χ1) is 9.76. The van der Waals surface area contributed by atoms with Crippen molar-refractivity contribution in [2.75, 3.05) is 21.2 Å². The summed E-state index contributed by atoms with van der Waals surface area (Å²) in [6.07, 6.45) is 0. The van der Waals surface area contributed by atoms with Gasteiger partial charge < -0.3 is 21.2 Å². The normalized spacial score (nSPS) is 11.2. The number of hydrogen-bond donors (Lipinski definition) is 3. The molecule has 1 heterocycles. The molecule has 0 spiro atoms. The van der Waals surface area contributed by atoms with Gasteiger partial charge in [0.1, 0.15) is 5.75 Å². The van der Waals surface area contributed by atoms with Crippen LogP contribution in [0.5, 0.6) is 5.75 Å². The molecular formula is C15H21N3OS. The number of likely N-dealkylation sites (N-methyl/N-ethyl adjacent to an activating group) is 1. The topological polar surface area (TPSA) is 71.1 Å². The monoisotopic (exact) mass is 291 g/mol. The highest BCUT2D eigenvalue weighted by Crippen LogP contribution is 2.22. The summed E-state index contributed by atoms with van der Waals surface area (Å²) in [4.78, 5) is 0. The molecule has 108 valence electrons. The lowest BCUT2D eigenvalue weighted by atomic mass is 9.98. The van der Waals surface area contributed by atoms with Crippen LogP contribution in [-0.2, 0) is 0 Å². The molecule has 0 aliphatic carbocycles. The number of thiophene rings is 1. The van der Waals surface area contributed by atoms with Gasteiger partial charge in [-0.1, -0.05) is 12.1 Å². The second-order valence-corrected chi connectivity index (χ2v) is 4.70. The van der Waals surface area contributed by atoms with E-state index in [2.05, 4.69) is 11.1 Å². The third kappa shape index (κ3) is 3.90. The van der Waals surface area contributed by atoms with Gasteiger partial charge >= 0.3 is 0 Å². The van der Waals surface area contributed by atoms with Gasteiger partial charge in [-0.15, -0.1) is 0 Å². The van der Waals surface area contributed by atoms with Crippen LogP contribution in [0.1, 0.15) is 17.2 Å². The summed E-state index contributed by atoms with van der Waals surface area (Å²) in [6.45, 7) is 0. The van der Waals surface area contributed by atoms with E-state index in [4.69, 9.17) is 10.1 Å². The van der Waals surface area contributed by atoms with Crippen LogP contribution in [0.25, 0.3) is 0 Å². The molecule has 2 rings (SSSR count). The number of nitrogens with two attached hydrogens (primary N) is 1. The minimum atomic E-state index is -0.0921. The van der Waals surface area contributed by atoms with Gasteiger partial charge in [0.25, 0.3) is 0 Å². The molecule has 1 aromatic heterocycles. The summed E-state index contributed by atoms with van der Waals surface area (Å²) >= 11 is 1.61. The Morgan fingerprint density at radius 2 is 1.90 bits per heavy atom. The van der Waals surface area contributed by atoms with Crippen LogP contribution in [-0.4, -0.2) is 26.9 Å². The first-order valence-electron chi connectivity index (χ1n) is 6.26. The number of rotatable bonds is 5. The Morgan fingerprint density at radius 1 is 1.25 bits per heavy atom. The highest BCUT2D eigenvalue weighted by atomic mass is 32.1. The molecular weight excluding hydrogens is 270 g/mol. The van der Waals surface area contributed by atoms with Crippen molar-refractivity contribution in [2.24, 2.45) is 5.73 Å². The second-order valence-electron chi connectivity index (χ2n) is 3.92. The number of nitrogens with one attached hydrogen (secondary N) is 2. The zero-order valence-electron chi connectivity index (χ0n) is 12.0. The van der Waals surface area contributed by atoms with Crippen molar-refractivity contribution in [3.05, 3.63) is 52.2 Å². The lowest BCUT2D eigenvalue weighted by molar-refractivity contribution is 0.414. The molecule has 1 aromatic carbocycles. The Bertz CT molecular complexity index is 508. The van der Waals surface area contributed by atoms with Crippen molar-refractivity contribution in [2.45, 2.75) is 6.04 Å². The van der Waals surface area contributed by atoms with Gasteiger partial charge in [-0.05, 0) is 48.6 Å². The fourth-order valence-corrected chi connectivity index (χ4v) is 2.51. The zero-order chi connectivity index (χ0) is 15.0. The van der Waals surface area contributed by atoms with E-state index >= 15 is 0 Å². The van der Waals surface area contributed by atoms with Gasteiger partial charge in [0, 0.05) is 5.56 Å². The van der Waals surface area contributed by atoms with Crippen molar-refractivity contribution in [1.29, 1.82) is 5.41 Å². The summed E-state index contributed by atoms with van der Waals surface area (Å²) in [6, 6.07) is 9.69. The van der Waals surface area contributed by atoms with E-state index < -0.39 is 0 Å². The van der Waals surface area contributed by atoms with E-state index in [1.165, 1.54) is 7.05 Å². The first-order valence-corrected chi connectivity index (χ1v) is 7.20. The summed E-state index contributed by atoms with van der Waals surface area (Å²) in [5, 5.41) is 15.4. The molecule has 0 fully saturated rings. The number of hydrogen-bond acceptors (Lipinski definition) is 5. The van der Waals surface area contributed by atoms with Gasteiger partial charge in [-0.3, -0.25) is 0 Å². The molecule has 0 amide bonds. The molecule has 0 bridgehead atoms. The van der Waals surface area contributed by atoms with Crippen LogP contribution in [0.15, 0.2) is 41.1 Å². The molecule has 5 heteroatoms. The molecule has 1 unspecified atom stereocenters. The molecule has 4 nitrogen and oxygen atoms in total. The second kappa shape index (κ2) is 8.47. The lowest BCUT2D eigenvalue weighted by Gasteiger charge is -2.17. The number of ether oxygens (including phenoxy) is 1. The predicted molar refractivity (Wildman–Crippen MR) is 86.1 cm³/mol. The minimum Gasteiger partial charge on any atom is -0.497 e. The van der Waals surface area contributed by atoms with Gasteiger partial charge in [-0.2, -0.15) is 11.3 Å². The Morgan fingerprint density at radius 3 is 2.35 bits per heavy atom. The lowest BCUT2D eigenvalue weighted by Crippen LogP contribution is -2.25. The molecule has 0 aliphatic rings. The van der Waals surface area contributed by atoms with Crippen molar-refractivity contribution in [1.82, 2.24) is 5.32 Å². The van der Waals surface area contributed by atoms with Crippen LogP contribution >= 0.6 is 11.3 Å². The number of methoxy groups -OCH3 is 1. The summed E-state index contributed by atoms with van der Waals surface area (Å²) in [7, 11) is 5.02. The van der Waals surface area contributed by atoms with Gasteiger partial charge in [0.2, 0.25) is 0 Å². The Kier molecular flexibility index (Phi) is 6.93. The van der Waals surface area contributed by atoms with E-state index in [-0.39, 0.29) is 6.04 Å².